The maximum Gasteiger partial charge on any atom is 0.280 e. The van der Waals surface area contributed by atoms with Crippen molar-refractivity contribution in [3.05, 3.63) is 56.4 Å². The fraction of sp³-hybridized carbons (Fsp3) is 0.105. The molecule has 1 aromatic heterocycles. The van der Waals surface area contributed by atoms with E-state index in [0.29, 0.717) is 22.6 Å². The topological polar surface area (TPSA) is 63.5 Å². The van der Waals surface area contributed by atoms with Gasteiger partial charge in [0.15, 0.2) is 4.80 Å². The molecule has 26 heavy (non-hydrogen) atoms. The third-order valence-corrected chi connectivity index (χ3v) is 5.54. The van der Waals surface area contributed by atoms with Gasteiger partial charge in [0.1, 0.15) is 0 Å². The normalized spacial score (nSPS) is 11.3. The fourth-order valence-electron chi connectivity index (χ4n) is 2.47. The van der Waals surface area contributed by atoms with Crippen LogP contribution in [0.2, 0.25) is 0 Å². The van der Waals surface area contributed by atoms with E-state index in [1.165, 1.54) is 18.3 Å². The van der Waals surface area contributed by atoms with E-state index in [0.717, 1.165) is 13.8 Å². The monoisotopic (exact) mass is 475 g/mol. The van der Waals surface area contributed by atoms with E-state index in [4.69, 9.17) is 6.42 Å². The number of hydrogen-bond acceptors (Lipinski definition) is 3. The lowest BCUT2D eigenvalue weighted by Gasteiger charge is -2.03. The van der Waals surface area contributed by atoms with Gasteiger partial charge in [-0.1, -0.05) is 29.4 Å². The van der Waals surface area contributed by atoms with Crippen LogP contribution >= 0.6 is 33.9 Å². The minimum atomic E-state index is -0.311. The Hall–Kier alpha value is -2.44. The number of nitrogens with zero attached hydrogens (tertiary/aromatic N) is 2. The summed E-state index contributed by atoms with van der Waals surface area (Å²) in [5, 5.41) is 2.75. The van der Waals surface area contributed by atoms with Gasteiger partial charge in [0, 0.05) is 16.2 Å². The summed E-state index contributed by atoms with van der Waals surface area (Å²) < 4.78 is 3.56. The van der Waals surface area contributed by atoms with Crippen molar-refractivity contribution < 1.29 is 9.59 Å². The van der Waals surface area contributed by atoms with Crippen LogP contribution in [0, 0.1) is 15.9 Å². The SMILES string of the molecule is C#CCn1c(=NC(=O)c2ccccc2I)sc2cc(NC(C)=O)ccc21. The van der Waals surface area contributed by atoms with E-state index in [9.17, 15) is 9.59 Å². The van der Waals surface area contributed by atoms with Crippen LogP contribution in [-0.2, 0) is 11.3 Å². The smallest absolute Gasteiger partial charge is 0.280 e. The Labute approximate surface area is 167 Å². The van der Waals surface area contributed by atoms with E-state index < -0.39 is 0 Å². The van der Waals surface area contributed by atoms with E-state index in [1.807, 2.05) is 34.9 Å². The minimum absolute atomic E-state index is 0.142. The molecule has 0 aliphatic rings. The number of carbonyl (C=O) groups excluding carboxylic acids is 2. The van der Waals surface area contributed by atoms with Gasteiger partial charge in [-0.25, -0.2) is 0 Å². The van der Waals surface area contributed by atoms with Gasteiger partial charge in [-0.05, 0) is 52.9 Å². The number of carbonyl (C=O) groups is 2. The van der Waals surface area contributed by atoms with Crippen molar-refractivity contribution in [2.24, 2.45) is 4.99 Å². The molecule has 2 aromatic carbocycles. The van der Waals surface area contributed by atoms with Gasteiger partial charge in [0.2, 0.25) is 5.91 Å². The van der Waals surface area contributed by atoms with Gasteiger partial charge in [0.05, 0.1) is 22.3 Å². The summed E-state index contributed by atoms with van der Waals surface area (Å²) in [6.45, 7) is 1.76. The van der Waals surface area contributed by atoms with Crippen molar-refractivity contribution in [1.82, 2.24) is 4.57 Å². The van der Waals surface area contributed by atoms with Crippen LogP contribution in [0.4, 0.5) is 5.69 Å². The molecule has 2 amide bonds. The van der Waals surface area contributed by atoms with Crippen molar-refractivity contribution in [3.63, 3.8) is 0 Å². The number of hydrogen-bond donors (Lipinski definition) is 1. The van der Waals surface area contributed by atoms with Crippen molar-refractivity contribution in [1.29, 1.82) is 0 Å². The fourth-order valence-corrected chi connectivity index (χ4v) is 4.15. The van der Waals surface area contributed by atoms with Gasteiger partial charge in [0.25, 0.3) is 5.91 Å². The van der Waals surface area contributed by atoms with Gasteiger partial charge < -0.3 is 9.88 Å². The Kier molecular flexibility index (Phi) is 5.54. The second-order valence-corrected chi connectivity index (χ2v) is 7.61. The molecule has 0 fully saturated rings. The summed E-state index contributed by atoms with van der Waals surface area (Å²) in [4.78, 5) is 28.7. The van der Waals surface area contributed by atoms with Crippen LogP contribution in [0.1, 0.15) is 17.3 Å². The summed E-state index contributed by atoms with van der Waals surface area (Å²) in [5.41, 5.74) is 2.11. The van der Waals surface area contributed by atoms with Crippen molar-refractivity contribution >= 4 is 61.6 Å². The number of aromatic nitrogens is 1. The highest BCUT2D eigenvalue weighted by atomic mass is 127. The van der Waals surface area contributed by atoms with E-state index >= 15 is 0 Å². The average Bonchev–Trinajstić information content (AvgIpc) is 2.91. The lowest BCUT2D eigenvalue weighted by Crippen LogP contribution is -2.16. The van der Waals surface area contributed by atoms with E-state index in [2.05, 4.69) is 38.8 Å². The van der Waals surface area contributed by atoms with Gasteiger partial charge in [-0.15, -0.1) is 6.42 Å². The zero-order valence-electron chi connectivity index (χ0n) is 13.8. The molecule has 0 spiro atoms. The highest BCUT2D eigenvalue weighted by molar-refractivity contribution is 14.1. The highest BCUT2D eigenvalue weighted by Gasteiger charge is 2.11. The number of rotatable bonds is 3. The Morgan fingerprint density at radius 1 is 1.31 bits per heavy atom. The molecular weight excluding hydrogens is 461 g/mol. The first-order chi connectivity index (χ1) is 12.5. The third-order valence-electron chi connectivity index (χ3n) is 3.55. The summed E-state index contributed by atoms with van der Waals surface area (Å²) in [6.07, 6.45) is 5.49. The number of amides is 2. The van der Waals surface area contributed by atoms with Crippen molar-refractivity contribution in [2.75, 3.05) is 5.32 Å². The Morgan fingerprint density at radius 3 is 2.77 bits per heavy atom. The molecule has 0 unspecified atom stereocenters. The predicted octanol–water partition coefficient (Wildman–Crippen LogP) is 3.64. The van der Waals surface area contributed by atoms with Crippen molar-refractivity contribution in [3.8, 4) is 12.3 Å². The summed E-state index contributed by atoms with van der Waals surface area (Å²) in [7, 11) is 0. The van der Waals surface area contributed by atoms with Crippen LogP contribution in [-0.4, -0.2) is 16.4 Å². The van der Waals surface area contributed by atoms with Crippen LogP contribution in [0.3, 0.4) is 0 Å². The molecule has 0 aliphatic heterocycles. The molecule has 0 saturated heterocycles. The molecule has 7 heteroatoms. The van der Waals surface area contributed by atoms with Gasteiger partial charge in [-0.2, -0.15) is 4.99 Å². The maximum absolute atomic E-state index is 12.6. The summed E-state index contributed by atoms with van der Waals surface area (Å²) in [6, 6.07) is 12.8. The van der Waals surface area contributed by atoms with E-state index in [-0.39, 0.29) is 11.8 Å². The quantitative estimate of drug-likeness (QED) is 0.465. The molecule has 0 aliphatic carbocycles. The molecule has 0 atom stereocenters. The van der Waals surface area contributed by atoms with Crippen LogP contribution in [0.5, 0.6) is 0 Å². The highest BCUT2D eigenvalue weighted by Crippen LogP contribution is 2.22. The Bertz CT molecular complexity index is 1120. The first kappa shape index (κ1) is 18.4. The lowest BCUT2D eigenvalue weighted by atomic mass is 10.2. The first-order valence-corrected chi connectivity index (χ1v) is 9.57. The lowest BCUT2D eigenvalue weighted by molar-refractivity contribution is -0.114. The number of anilines is 1. The largest absolute Gasteiger partial charge is 0.326 e. The molecule has 0 bridgehead atoms. The number of benzene rings is 2. The zero-order chi connectivity index (χ0) is 18.7. The number of fused-ring (bicyclic) bond motifs is 1. The number of thiazole rings is 1. The molecule has 0 saturated carbocycles. The van der Waals surface area contributed by atoms with Crippen LogP contribution in [0.25, 0.3) is 10.2 Å². The molecule has 130 valence electrons. The zero-order valence-corrected chi connectivity index (χ0v) is 16.8. The standard InChI is InChI=1S/C19H14IN3O2S/c1-3-10-23-16-9-8-13(21-12(2)24)11-17(16)26-19(23)22-18(25)14-6-4-5-7-15(14)20/h1,4-9,11H,10H2,2H3,(H,21,24). The van der Waals surface area contributed by atoms with Crippen LogP contribution < -0.4 is 10.1 Å². The first-order valence-electron chi connectivity index (χ1n) is 7.67. The summed E-state index contributed by atoms with van der Waals surface area (Å²) in [5.74, 6) is 2.15. The van der Waals surface area contributed by atoms with Gasteiger partial charge >= 0.3 is 0 Å². The molecular formula is C19H14IN3O2S. The van der Waals surface area contributed by atoms with Crippen molar-refractivity contribution in [2.45, 2.75) is 13.5 Å². The number of nitrogens with one attached hydrogen (secondary N) is 1. The van der Waals surface area contributed by atoms with E-state index in [1.54, 1.807) is 12.1 Å². The molecule has 5 nitrogen and oxygen atoms in total. The number of terminal acetylenes is 1. The third kappa shape index (κ3) is 3.86. The maximum atomic E-state index is 12.6. The minimum Gasteiger partial charge on any atom is -0.326 e. The Morgan fingerprint density at radius 2 is 2.08 bits per heavy atom. The second kappa shape index (κ2) is 7.85. The van der Waals surface area contributed by atoms with Crippen LogP contribution in [0.15, 0.2) is 47.5 Å². The second-order valence-electron chi connectivity index (χ2n) is 5.44. The summed E-state index contributed by atoms with van der Waals surface area (Å²) >= 11 is 3.48. The molecule has 3 aromatic rings. The molecule has 1 N–H and O–H groups in total. The predicted molar refractivity (Wildman–Crippen MR) is 112 cm³/mol. The molecule has 3 rings (SSSR count). The molecule has 0 radical (unpaired) electrons. The Balaban J connectivity index is 2.13. The molecule has 1 heterocycles. The number of halogens is 1. The van der Waals surface area contributed by atoms with Gasteiger partial charge in [-0.3, -0.25) is 9.59 Å². The average molecular weight is 475 g/mol.